The zero-order valence-corrected chi connectivity index (χ0v) is 12.9. The molecule has 0 aliphatic heterocycles. The highest BCUT2D eigenvalue weighted by atomic mass is 32.2. The lowest BCUT2D eigenvalue weighted by Gasteiger charge is -2.16. The van der Waals surface area contributed by atoms with E-state index in [1.807, 2.05) is 20.8 Å². The Kier molecular flexibility index (Phi) is 5.38. The van der Waals surface area contributed by atoms with Gasteiger partial charge in [0.25, 0.3) is 0 Å². The van der Waals surface area contributed by atoms with Crippen LogP contribution in [0.5, 0.6) is 5.75 Å². The van der Waals surface area contributed by atoms with Gasteiger partial charge >= 0.3 is 0 Å². The number of ether oxygens (including phenoxy) is 1. The van der Waals surface area contributed by atoms with Crippen LogP contribution in [0.15, 0.2) is 17.0 Å². The van der Waals surface area contributed by atoms with Crippen LogP contribution in [0.1, 0.15) is 50.7 Å². The van der Waals surface area contributed by atoms with Crippen LogP contribution < -0.4 is 9.88 Å². The van der Waals surface area contributed by atoms with Gasteiger partial charge in [-0.05, 0) is 42.5 Å². The van der Waals surface area contributed by atoms with E-state index in [1.54, 1.807) is 12.1 Å². The summed E-state index contributed by atoms with van der Waals surface area (Å²) in [5, 5.41) is 5.27. The van der Waals surface area contributed by atoms with Crippen molar-refractivity contribution in [3.63, 3.8) is 0 Å². The Bertz CT molecular complexity index is 536. The Labute approximate surface area is 116 Å². The van der Waals surface area contributed by atoms with Gasteiger partial charge in [-0.2, -0.15) is 0 Å². The molecule has 0 amide bonds. The van der Waals surface area contributed by atoms with Gasteiger partial charge < -0.3 is 4.74 Å². The van der Waals surface area contributed by atoms with Crippen molar-refractivity contribution in [2.75, 3.05) is 6.61 Å². The van der Waals surface area contributed by atoms with Gasteiger partial charge in [0.15, 0.2) is 0 Å². The smallest absolute Gasteiger partial charge is 0.241 e. The highest BCUT2D eigenvalue weighted by Crippen LogP contribution is 2.30. The highest BCUT2D eigenvalue weighted by molar-refractivity contribution is 7.89. The van der Waals surface area contributed by atoms with Gasteiger partial charge in [0.2, 0.25) is 10.0 Å². The predicted molar refractivity (Wildman–Crippen MR) is 77.0 cm³/mol. The van der Waals surface area contributed by atoms with Gasteiger partial charge in [0, 0.05) is 0 Å². The Morgan fingerprint density at radius 3 is 2.42 bits per heavy atom. The third-order valence-corrected chi connectivity index (χ3v) is 3.95. The van der Waals surface area contributed by atoms with E-state index in [9.17, 15) is 8.42 Å². The third-order valence-electron chi connectivity index (χ3n) is 3.02. The van der Waals surface area contributed by atoms with Crippen molar-refractivity contribution in [2.24, 2.45) is 5.14 Å². The second-order valence-electron chi connectivity index (χ2n) is 5.06. The van der Waals surface area contributed by atoms with Crippen LogP contribution in [0, 0.1) is 6.92 Å². The number of aryl methyl sites for hydroxylation is 1. The van der Waals surface area contributed by atoms with Crippen molar-refractivity contribution in [3.8, 4) is 5.75 Å². The fraction of sp³-hybridized carbons (Fsp3) is 0.571. The van der Waals surface area contributed by atoms with Crippen LogP contribution in [0.2, 0.25) is 0 Å². The molecule has 0 spiro atoms. The summed E-state index contributed by atoms with van der Waals surface area (Å²) in [6.45, 7) is 8.55. The molecule has 0 aliphatic carbocycles. The van der Waals surface area contributed by atoms with Crippen molar-refractivity contribution >= 4 is 10.0 Å². The van der Waals surface area contributed by atoms with Crippen molar-refractivity contribution in [3.05, 3.63) is 23.3 Å². The maximum absolute atomic E-state index is 11.7. The number of benzene rings is 1. The topological polar surface area (TPSA) is 69.4 Å². The van der Waals surface area contributed by atoms with E-state index in [2.05, 4.69) is 6.92 Å². The molecule has 4 nitrogen and oxygen atoms in total. The molecule has 0 saturated heterocycles. The van der Waals surface area contributed by atoms with E-state index >= 15 is 0 Å². The number of unbranched alkanes of at least 4 members (excludes halogenated alkanes) is 1. The second kappa shape index (κ2) is 6.39. The third kappa shape index (κ3) is 4.21. The molecule has 0 unspecified atom stereocenters. The normalized spacial score (nSPS) is 11.9. The second-order valence-corrected chi connectivity index (χ2v) is 6.59. The molecule has 0 radical (unpaired) electrons. The minimum Gasteiger partial charge on any atom is -0.492 e. The standard InChI is InChI=1S/C14H23NO3S/c1-5-6-7-18-13-8-11(4)12(10(2)3)9-14(13)19(15,16)17/h8-10H,5-7H2,1-4H3,(H2,15,16,17). The Morgan fingerprint density at radius 1 is 1.32 bits per heavy atom. The zero-order chi connectivity index (χ0) is 14.6. The first kappa shape index (κ1) is 16.0. The lowest BCUT2D eigenvalue weighted by atomic mass is 9.98. The minimum atomic E-state index is -3.77. The zero-order valence-electron chi connectivity index (χ0n) is 12.1. The number of nitrogens with two attached hydrogens (primary N) is 1. The van der Waals surface area contributed by atoms with Gasteiger partial charge in [-0.25, -0.2) is 13.6 Å². The van der Waals surface area contributed by atoms with E-state index in [4.69, 9.17) is 9.88 Å². The van der Waals surface area contributed by atoms with Crippen molar-refractivity contribution in [1.29, 1.82) is 0 Å². The van der Waals surface area contributed by atoms with E-state index in [-0.39, 0.29) is 10.8 Å². The molecule has 0 aliphatic rings. The van der Waals surface area contributed by atoms with Gasteiger partial charge in [0.05, 0.1) is 6.61 Å². The summed E-state index contributed by atoms with van der Waals surface area (Å²) < 4.78 is 28.9. The van der Waals surface area contributed by atoms with E-state index < -0.39 is 10.0 Å². The number of hydrogen-bond acceptors (Lipinski definition) is 3. The van der Waals surface area contributed by atoms with Gasteiger partial charge in [-0.15, -0.1) is 0 Å². The van der Waals surface area contributed by atoms with Gasteiger partial charge in [0.1, 0.15) is 10.6 Å². The van der Waals surface area contributed by atoms with Crippen LogP contribution >= 0.6 is 0 Å². The molecule has 1 aromatic rings. The molecule has 1 aromatic carbocycles. The fourth-order valence-corrected chi connectivity index (χ4v) is 2.65. The molecular formula is C14H23NO3S. The van der Waals surface area contributed by atoms with Gasteiger partial charge in [-0.1, -0.05) is 27.2 Å². The van der Waals surface area contributed by atoms with Gasteiger partial charge in [-0.3, -0.25) is 0 Å². The summed E-state index contributed by atoms with van der Waals surface area (Å²) >= 11 is 0. The lowest BCUT2D eigenvalue weighted by molar-refractivity contribution is 0.301. The highest BCUT2D eigenvalue weighted by Gasteiger charge is 2.19. The molecule has 0 heterocycles. The predicted octanol–water partition coefficient (Wildman–Crippen LogP) is 2.94. The molecule has 5 heteroatoms. The summed E-state index contributed by atoms with van der Waals surface area (Å²) in [5.41, 5.74) is 2.00. The van der Waals surface area contributed by atoms with Crippen molar-refractivity contribution in [2.45, 2.75) is 51.3 Å². The maximum Gasteiger partial charge on any atom is 0.241 e. The molecule has 19 heavy (non-hydrogen) atoms. The molecule has 108 valence electrons. The van der Waals surface area contributed by atoms with E-state index in [0.29, 0.717) is 12.4 Å². The maximum atomic E-state index is 11.7. The summed E-state index contributed by atoms with van der Waals surface area (Å²) in [6, 6.07) is 3.40. The van der Waals surface area contributed by atoms with Crippen LogP contribution in [0.3, 0.4) is 0 Å². The fourth-order valence-electron chi connectivity index (χ4n) is 1.96. The lowest BCUT2D eigenvalue weighted by Crippen LogP contribution is -2.15. The summed E-state index contributed by atoms with van der Waals surface area (Å²) in [7, 11) is -3.77. The molecule has 2 N–H and O–H groups in total. The molecular weight excluding hydrogens is 262 g/mol. The molecule has 0 saturated carbocycles. The molecule has 0 atom stereocenters. The average molecular weight is 285 g/mol. The minimum absolute atomic E-state index is 0.0814. The number of rotatable bonds is 6. The quantitative estimate of drug-likeness (QED) is 0.817. The van der Waals surface area contributed by atoms with Crippen LogP contribution in [-0.4, -0.2) is 15.0 Å². The monoisotopic (exact) mass is 285 g/mol. The molecule has 0 bridgehead atoms. The van der Waals surface area contributed by atoms with Crippen LogP contribution in [0.4, 0.5) is 0 Å². The van der Waals surface area contributed by atoms with Crippen molar-refractivity contribution in [1.82, 2.24) is 0 Å². The average Bonchev–Trinajstić information content (AvgIpc) is 2.27. The SMILES string of the molecule is CCCCOc1cc(C)c(C(C)C)cc1S(N)(=O)=O. The van der Waals surface area contributed by atoms with Crippen molar-refractivity contribution < 1.29 is 13.2 Å². The molecule has 0 fully saturated rings. The summed E-state index contributed by atoms with van der Waals surface area (Å²) in [6.07, 6.45) is 1.88. The number of primary sulfonamides is 1. The summed E-state index contributed by atoms with van der Waals surface area (Å²) in [5.74, 6) is 0.600. The molecule has 1 rings (SSSR count). The van der Waals surface area contributed by atoms with Crippen LogP contribution in [0.25, 0.3) is 0 Å². The first-order chi connectivity index (χ1) is 8.77. The first-order valence-electron chi connectivity index (χ1n) is 6.57. The van der Waals surface area contributed by atoms with Crippen LogP contribution in [-0.2, 0) is 10.0 Å². The Balaban J connectivity index is 3.25. The number of hydrogen-bond donors (Lipinski definition) is 1. The van der Waals surface area contributed by atoms with E-state index in [0.717, 1.165) is 24.0 Å². The summed E-state index contributed by atoms with van der Waals surface area (Å²) in [4.78, 5) is 0.0814. The van der Waals surface area contributed by atoms with E-state index in [1.165, 1.54) is 0 Å². The first-order valence-corrected chi connectivity index (χ1v) is 8.12. The molecule has 0 aromatic heterocycles. The Hall–Kier alpha value is -1.07. The number of sulfonamides is 1. The Morgan fingerprint density at radius 2 is 1.95 bits per heavy atom. The largest absolute Gasteiger partial charge is 0.492 e.